The van der Waals surface area contributed by atoms with Crippen molar-refractivity contribution < 1.29 is 22.7 Å². The standard InChI is InChI=1S/C23H30N2O5S2/c1-31-15-13-21(25-22(26)17-30-20-11-6-3-7-12-20)23(27)24-14-8-16-32(28,29)18-19-9-4-2-5-10-19/h2-7,9-12,21H,8,13-18H2,1H3,(H,24,27)(H,25,26). The molecule has 0 aliphatic rings. The molecule has 174 valence electrons. The van der Waals surface area contributed by atoms with Crippen LogP contribution in [0.1, 0.15) is 18.4 Å². The molecule has 9 heteroatoms. The van der Waals surface area contributed by atoms with Crippen LogP contribution < -0.4 is 15.4 Å². The largest absolute Gasteiger partial charge is 0.484 e. The predicted molar refractivity (Wildman–Crippen MR) is 128 cm³/mol. The van der Waals surface area contributed by atoms with Crippen LogP contribution in [0.4, 0.5) is 0 Å². The summed E-state index contributed by atoms with van der Waals surface area (Å²) in [6.07, 6.45) is 2.70. The average molecular weight is 479 g/mol. The third kappa shape index (κ3) is 10.2. The Morgan fingerprint density at radius 1 is 1.03 bits per heavy atom. The second kappa shape index (κ2) is 13.8. The molecule has 0 aliphatic carbocycles. The minimum atomic E-state index is -3.26. The van der Waals surface area contributed by atoms with Gasteiger partial charge in [-0.2, -0.15) is 11.8 Å². The summed E-state index contributed by atoms with van der Waals surface area (Å²) in [5.74, 6) is 0.519. The lowest BCUT2D eigenvalue weighted by atomic mass is 10.2. The Morgan fingerprint density at radius 3 is 2.34 bits per heavy atom. The van der Waals surface area contributed by atoms with Crippen molar-refractivity contribution in [1.82, 2.24) is 10.6 Å². The van der Waals surface area contributed by atoms with Gasteiger partial charge >= 0.3 is 0 Å². The Labute approximate surface area is 194 Å². The number of hydrogen-bond acceptors (Lipinski definition) is 6. The number of sulfone groups is 1. The van der Waals surface area contributed by atoms with Crippen molar-refractivity contribution in [2.75, 3.05) is 30.9 Å². The number of nitrogens with one attached hydrogen (secondary N) is 2. The number of thioether (sulfide) groups is 1. The van der Waals surface area contributed by atoms with Gasteiger partial charge in [-0.1, -0.05) is 48.5 Å². The van der Waals surface area contributed by atoms with E-state index in [1.165, 1.54) is 0 Å². The molecule has 0 spiro atoms. The van der Waals surface area contributed by atoms with E-state index >= 15 is 0 Å². The highest BCUT2D eigenvalue weighted by Gasteiger charge is 2.21. The molecular formula is C23H30N2O5S2. The molecule has 0 radical (unpaired) electrons. The molecule has 0 aromatic heterocycles. The summed E-state index contributed by atoms with van der Waals surface area (Å²) in [6, 6.07) is 17.3. The van der Waals surface area contributed by atoms with E-state index in [0.717, 1.165) is 5.56 Å². The fourth-order valence-electron chi connectivity index (χ4n) is 2.93. The smallest absolute Gasteiger partial charge is 0.258 e. The number of amides is 2. The van der Waals surface area contributed by atoms with Crippen molar-refractivity contribution in [3.05, 3.63) is 66.2 Å². The molecule has 1 atom stereocenters. The number of hydrogen-bond donors (Lipinski definition) is 2. The number of carbonyl (C=O) groups excluding carboxylic acids is 2. The molecule has 2 N–H and O–H groups in total. The fourth-order valence-corrected chi connectivity index (χ4v) is 4.83. The molecule has 2 aromatic rings. The highest BCUT2D eigenvalue weighted by Crippen LogP contribution is 2.09. The maximum absolute atomic E-state index is 12.5. The maximum Gasteiger partial charge on any atom is 0.258 e. The van der Waals surface area contributed by atoms with Crippen molar-refractivity contribution in [1.29, 1.82) is 0 Å². The Kier molecular flexibility index (Phi) is 11.1. The highest BCUT2D eigenvalue weighted by molar-refractivity contribution is 7.98. The van der Waals surface area contributed by atoms with E-state index in [-0.39, 0.29) is 36.5 Å². The van der Waals surface area contributed by atoms with Crippen molar-refractivity contribution in [3.8, 4) is 5.75 Å². The Bertz CT molecular complexity index is 937. The predicted octanol–water partition coefficient (Wildman–Crippen LogP) is 2.42. The Morgan fingerprint density at radius 2 is 1.69 bits per heavy atom. The molecule has 0 heterocycles. The SMILES string of the molecule is CSCCC(NC(=O)COc1ccccc1)C(=O)NCCCS(=O)(=O)Cc1ccccc1. The van der Waals surface area contributed by atoms with Gasteiger partial charge in [0.05, 0.1) is 11.5 Å². The summed E-state index contributed by atoms with van der Waals surface area (Å²) >= 11 is 1.58. The van der Waals surface area contributed by atoms with Crippen LogP contribution in [0.15, 0.2) is 60.7 Å². The number of benzene rings is 2. The third-order valence-corrected chi connectivity index (χ3v) is 6.86. The van der Waals surface area contributed by atoms with Crippen molar-refractivity contribution in [3.63, 3.8) is 0 Å². The average Bonchev–Trinajstić information content (AvgIpc) is 2.79. The zero-order chi connectivity index (χ0) is 23.2. The fraction of sp³-hybridized carbons (Fsp3) is 0.391. The van der Waals surface area contributed by atoms with Gasteiger partial charge in [0.2, 0.25) is 5.91 Å². The normalized spacial score (nSPS) is 12.0. The lowest BCUT2D eigenvalue weighted by Gasteiger charge is -2.18. The molecule has 7 nitrogen and oxygen atoms in total. The van der Waals surface area contributed by atoms with E-state index in [4.69, 9.17) is 4.74 Å². The van der Waals surface area contributed by atoms with Gasteiger partial charge in [-0.05, 0) is 42.5 Å². The number of ether oxygens (including phenoxy) is 1. The first-order chi connectivity index (χ1) is 15.4. The zero-order valence-corrected chi connectivity index (χ0v) is 19.8. The first kappa shape index (κ1) is 25.7. The number of para-hydroxylation sites is 1. The van der Waals surface area contributed by atoms with Crippen molar-refractivity contribution >= 4 is 33.4 Å². The van der Waals surface area contributed by atoms with E-state index in [1.54, 1.807) is 48.2 Å². The molecule has 0 fully saturated rings. The van der Waals surface area contributed by atoms with Crippen LogP contribution in [-0.4, -0.2) is 57.2 Å². The van der Waals surface area contributed by atoms with Crippen LogP contribution >= 0.6 is 11.8 Å². The summed E-state index contributed by atoms with van der Waals surface area (Å²) in [7, 11) is -3.26. The second-order valence-electron chi connectivity index (χ2n) is 7.23. The molecule has 2 rings (SSSR count). The molecule has 1 unspecified atom stereocenters. The quantitative estimate of drug-likeness (QED) is 0.405. The minimum Gasteiger partial charge on any atom is -0.484 e. The summed E-state index contributed by atoms with van der Waals surface area (Å²) in [5, 5.41) is 5.44. The second-order valence-corrected chi connectivity index (χ2v) is 10.4. The Hall–Kier alpha value is -2.52. The molecule has 2 aromatic carbocycles. The van der Waals surface area contributed by atoms with Crippen LogP contribution in [0.3, 0.4) is 0 Å². The van der Waals surface area contributed by atoms with Gasteiger partial charge in [0.15, 0.2) is 16.4 Å². The highest BCUT2D eigenvalue weighted by atomic mass is 32.2. The van der Waals surface area contributed by atoms with E-state index in [0.29, 0.717) is 24.3 Å². The third-order valence-electron chi connectivity index (χ3n) is 4.54. The van der Waals surface area contributed by atoms with Gasteiger partial charge in [-0.25, -0.2) is 8.42 Å². The number of carbonyl (C=O) groups is 2. The molecule has 0 saturated carbocycles. The van der Waals surface area contributed by atoms with Crippen LogP contribution in [0.5, 0.6) is 5.75 Å². The van der Waals surface area contributed by atoms with Gasteiger partial charge in [0, 0.05) is 6.54 Å². The van der Waals surface area contributed by atoms with Crippen molar-refractivity contribution in [2.45, 2.75) is 24.6 Å². The zero-order valence-electron chi connectivity index (χ0n) is 18.2. The summed E-state index contributed by atoms with van der Waals surface area (Å²) in [6.45, 7) is 0.0315. The van der Waals surface area contributed by atoms with E-state index in [2.05, 4.69) is 10.6 Å². The molecule has 32 heavy (non-hydrogen) atoms. The molecule has 0 bridgehead atoms. The topological polar surface area (TPSA) is 102 Å². The summed E-state index contributed by atoms with van der Waals surface area (Å²) < 4.78 is 30.0. The van der Waals surface area contributed by atoms with Crippen LogP contribution in [0.25, 0.3) is 0 Å². The lowest BCUT2D eigenvalue weighted by molar-refractivity contribution is -0.130. The van der Waals surface area contributed by atoms with Gasteiger partial charge in [0.25, 0.3) is 5.91 Å². The number of rotatable bonds is 14. The summed E-state index contributed by atoms with van der Waals surface area (Å²) in [4.78, 5) is 24.8. The van der Waals surface area contributed by atoms with Crippen LogP contribution in [0.2, 0.25) is 0 Å². The minimum absolute atomic E-state index is 0.0182. The molecule has 0 aliphatic heterocycles. The molecule has 0 saturated heterocycles. The van der Waals surface area contributed by atoms with Gasteiger partial charge < -0.3 is 15.4 Å². The van der Waals surface area contributed by atoms with Crippen molar-refractivity contribution in [2.24, 2.45) is 0 Å². The van der Waals surface area contributed by atoms with Gasteiger partial charge in [0.1, 0.15) is 11.8 Å². The van der Waals surface area contributed by atoms with Crippen LogP contribution in [0, 0.1) is 0 Å². The van der Waals surface area contributed by atoms with Gasteiger partial charge in [-0.15, -0.1) is 0 Å². The van der Waals surface area contributed by atoms with Gasteiger partial charge in [-0.3, -0.25) is 9.59 Å². The maximum atomic E-state index is 12.5. The monoisotopic (exact) mass is 478 g/mol. The van der Waals surface area contributed by atoms with E-state index < -0.39 is 15.9 Å². The first-order valence-corrected chi connectivity index (χ1v) is 13.6. The van der Waals surface area contributed by atoms with E-state index in [1.807, 2.05) is 30.5 Å². The molecular weight excluding hydrogens is 448 g/mol. The molecule has 2 amide bonds. The lowest BCUT2D eigenvalue weighted by Crippen LogP contribution is -2.48. The van der Waals surface area contributed by atoms with E-state index in [9.17, 15) is 18.0 Å². The van der Waals surface area contributed by atoms with Crippen LogP contribution in [-0.2, 0) is 25.2 Å². The summed E-state index contributed by atoms with van der Waals surface area (Å²) in [5.41, 5.74) is 0.745. The first-order valence-electron chi connectivity index (χ1n) is 10.4. The Balaban J connectivity index is 1.76.